The molecule has 0 atom stereocenters. The number of alkyl halides is 3. The first-order valence-electron chi connectivity index (χ1n) is 9.74. The van der Waals surface area contributed by atoms with Gasteiger partial charge in [-0.1, -0.05) is 25.4 Å². The van der Waals surface area contributed by atoms with E-state index in [2.05, 4.69) is 9.84 Å². The predicted molar refractivity (Wildman–Crippen MR) is 108 cm³/mol. The Morgan fingerprint density at radius 1 is 1.27 bits per heavy atom. The third-order valence-electron chi connectivity index (χ3n) is 5.26. The van der Waals surface area contributed by atoms with E-state index in [9.17, 15) is 18.0 Å². The van der Waals surface area contributed by atoms with E-state index in [0.29, 0.717) is 29.4 Å². The van der Waals surface area contributed by atoms with E-state index in [1.54, 1.807) is 9.08 Å². The fourth-order valence-electron chi connectivity index (χ4n) is 3.61. The van der Waals surface area contributed by atoms with E-state index < -0.39 is 12.1 Å². The van der Waals surface area contributed by atoms with Crippen molar-refractivity contribution in [3.05, 3.63) is 50.9 Å². The smallest absolute Gasteiger partial charge is 0.406 e. The number of benzene rings is 1. The van der Waals surface area contributed by atoms with Gasteiger partial charge in [0.15, 0.2) is 5.82 Å². The summed E-state index contributed by atoms with van der Waals surface area (Å²) in [5.41, 5.74) is 2.46. The van der Waals surface area contributed by atoms with Crippen LogP contribution in [0.5, 0.6) is 5.75 Å². The predicted octanol–water partition coefficient (Wildman–Crippen LogP) is 5.56. The molecule has 1 aromatic carbocycles. The highest BCUT2D eigenvalue weighted by molar-refractivity contribution is 6.33. The molecule has 0 spiro atoms. The molecule has 3 aromatic rings. The number of rotatable bonds is 5. The molecule has 1 fully saturated rings. The number of aromatic nitrogens is 3. The van der Waals surface area contributed by atoms with Gasteiger partial charge in [0, 0.05) is 17.8 Å². The zero-order valence-electron chi connectivity index (χ0n) is 16.8. The number of aryl methyl sites for hydroxylation is 1. The summed E-state index contributed by atoms with van der Waals surface area (Å²) in [7, 11) is 0. The molecule has 4 rings (SSSR count). The van der Waals surface area contributed by atoms with E-state index in [4.69, 9.17) is 11.6 Å². The normalized spacial score (nSPS) is 14.7. The molecule has 1 saturated carbocycles. The van der Waals surface area contributed by atoms with Crippen molar-refractivity contribution in [3.63, 3.8) is 0 Å². The molecular formula is C21H21ClF3N3O2. The summed E-state index contributed by atoms with van der Waals surface area (Å²) < 4.78 is 44.7. The third-order valence-corrected chi connectivity index (χ3v) is 5.57. The second-order valence-electron chi connectivity index (χ2n) is 8.03. The molecule has 1 aliphatic carbocycles. The Kier molecular flexibility index (Phi) is 5.08. The van der Waals surface area contributed by atoms with Crippen LogP contribution in [0.3, 0.4) is 0 Å². The topological polar surface area (TPSA) is 48.5 Å². The zero-order valence-corrected chi connectivity index (χ0v) is 17.5. The van der Waals surface area contributed by atoms with Crippen LogP contribution in [-0.2, 0) is 6.54 Å². The summed E-state index contributed by atoms with van der Waals surface area (Å²) in [6.07, 6.45) is -2.76. The molecule has 0 bridgehead atoms. The maximum absolute atomic E-state index is 13.5. The van der Waals surface area contributed by atoms with Crippen LogP contribution in [-0.4, -0.2) is 20.5 Å². The van der Waals surface area contributed by atoms with Crippen molar-refractivity contribution >= 4 is 17.1 Å². The van der Waals surface area contributed by atoms with E-state index in [1.807, 2.05) is 26.8 Å². The number of nitrogens with zero attached hydrogens (tertiary/aromatic N) is 3. The lowest BCUT2D eigenvalue weighted by Crippen LogP contribution is -2.27. The van der Waals surface area contributed by atoms with Gasteiger partial charge in [-0.2, -0.15) is 0 Å². The second kappa shape index (κ2) is 7.34. The summed E-state index contributed by atoms with van der Waals surface area (Å²) >= 11 is 6.30. The molecule has 1 aliphatic rings. The first-order valence-corrected chi connectivity index (χ1v) is 10.1. The number of hydrogen-bond donors (Lipinski definition) is 0. The molecule has 2 heterocycles. The van der Waals surface area contributed by atoms with Crippen LogP contribution in [0.15, 0.2) is 29.1 Å². The minimum atomic E-state index is -4.81. The molecule has 160 valence electrons. The average molecular weight is 440 g/mol. The molecule has 0 N–H and O–H groups in total. The average Bonchev–Trinajstić information content (AvgIpc) is 3.38. The fraction of sp³-hybridized carbons (Fsp3) is 0.429. The fourth-order valence-corrected chi connectivity index (χ4v) is 3.87. The molecular weight excluding hydrogens is 419 g/mol. The summed E-state index contributed by atoms with van der Waals surface area (Å²) in [4.78, 5) is 13.5. The van der Waals surface area contributed by atoms with Gasteiger partial charge < -0.3 is 4.74 Å². The second-order valence-corrected chi connectivity index (χ2v) is 8.44. The van der Waals surface area contributed by atoms with Crippen LogP contribution < -0.4 is 10.3 Å². The van der Waals surface area contributed by atoms with E-state index in [-0.39, 0.29) is 16.5 Å². The molecule has 30 heavy (non-hydrogen) atoms. The summed E-state index contributed by atoms with van der Waals surface area (Å²) in [6.45, 7) is 6.39. The molecule has 2 aromatic heterocycles. The van der Waals surface area contributed by atoms with Crippen molar-refractivity contribution in [2.24, 2.45) is 5.92 Å². The quantitative estimate of drug-likeness (QED) is 0.523. The van der Waals surface area contributed by atoms with E-state index >= 15 is 0 Å². The molecule has 0 amide bonds. The van der Waals surface area contributed by atoms with Gasteiger partial charge in [-0.25, -0.2) is 4.52 Å². The Balaban J connectivity index is 1.92. The van der Waals surface area contributed by atoms with Crippen LogP contribution in [0, 0.1) is 12.8 Å². The van der Waals surface area contributed by atoms with Crippen molar-refractivity contribution in [1.82, 2.24) is 14.2 Å². The van der Waals surface area contributed by atoms with Gasteiger partial charge in [-0.3, -0.25) is 9.36 Å². The standard InChI is InChI=1S/C21H21ClF3N3O2/c1-11(2)16-8-12(3)28-18(16)20(29)27(10-13-4-5-13)19(26-28)15-7-6-14(9-17(15)22)30-21(23,24)25/h6-9,11,13H,4-5,10H2,1-3H3. The maximum atomic E-state index is 13.5. The van der Waals surface area contributed by atoms with Crippen molar-refractivity contribution in [2.45, 2.75) is 52.4 Å². The maximum Gasteiger partial charge on any atom is 0.573 e. The third kappa shape index (κ3) is 3.93. The van der Waals surface area contributed by atoms with Crippen LogP contribution >= 0.6 is 11.6 Å². The van der Waals surface area contributed by atoms with Crippen LogP contribution in [0.2, 0.25) is 5.02 Å². The van der Waals surface area contributed by atoms with E-state index in [0.717, 1.165) is 30.2 Å². The Labute approximate surface area is 176 Å². The highest BCUT2D eigenvalue weighted by Gasteiger charge is 2.32. The van der Waals surface area contributed by atoms with Crippen molar-refractivity contribution in [3.8, 4) is 17.1 Å². The first kappa shape index (κ1) is 20.8. The molecule has 0 aliphatic heterocycles. The Hall–Kier alpha value is -2.48. The van der Waals surface area contributed by atoms with Gasteiger partial charge in [-0.05, 0) is 61.4 Å². The zero-order chi connectivity index (χ0) is 21.8. The first-order chi connectivity index (χ1) is 14.0. The van der Waals surface area contributed by atoms with Crippen LogP contribution in [0.1, 0.15) is 43.9 Å². The van der Waals surface area contributed by atoms with Gasteiger partial charge in [0.05, 0.1) is 5.02 Å². The summed E-state index contributed by atoms with van der Waals surface area (Å²) in [5.74, 6) is 0.436. The van der Waals surface area contributed by atoms with Gasteiger partial charge in [0.1, 0.15) is 11.3 Å². The Morgan fingerprint density at radius 2 is 1.97 bits per heavy atom. The summed E-state index contributed by atoms with van der Waals surface area (Å²) in [6, 6.07) is 5.61. The van der Waals surface area contributed by atoms with Crippen LogP contribution in [0.4, 0.5) is 13.2 Å². The molecule has 0 unspecified atom stereocenters. The highest BCUT2D eigenvalue weighted by atomic mass is 35.5. The lowest BCUT2D eigenvalue weighted by atomic mass is 10.1. The van der Waals surface area contributed by atoms with Crippen molar-refractivity contribution < 1.29 is 17.9 Å². The molecule has 5 nitrogen and oxygen atoms in total. The van der Waals surface area contributed by atoms with Crippen molar-refractivity contribution in [1.29, 1.82) is 0 Å². The van der Waals surface area contributed by atoms with Crippen molar-refractivity contribution in [2.75, 3.05) is 0 Å². The number of hydrogen-bond acceptors (Lipinski definition) is 3. The highest BCUT2D eigenvalue weighted by Crippen LogP contribution is 2.35. The largest absolute Gasteiger partial charge is 0.573 e. The monoisotopic (exact) mass is 439 g/mol. The van der Waals surface area contributed by atoms with Gasteiger partial charge in [0.2, 0.25) is 0 Å². The molecule has 0 saturated heterocycles. The number of halogens is 4. The lowest BCUT2D eigenvalue weighted by Gasteiger charge is -2.16. The van der Waals surface area contributed by atoms with Crippen LogP contribution in [0.25, 0.3) is 16.9 Å². The SMILES string of the molecule is Cc1cc(C(C)C)c2c(=O)n(CC3CC3)c(-c3ccc(OC(F)(F)F)cc3Cl)nn12. The summed E-state index contributed by atoms with van der Waals surface area (Å²) in [5, 5.41) is 4.72. The van der Waals surface area contributed by atoms with E-state index in [1.165, 1.54) is 12.1 Å². The van der Waals surface area contributed by atoms with Gasteiger partial charge >= 0.3 is 6.36 Å². The Bertz CT molecular complexity index is 1180. The van der Waals surface area contributed by atoms with Gasteiger partial charge in [0.25, 0.3) is 5.56 Å². The minimum Gasteiger partial charge on any atom is -0.406 e. The number of ether oxygens (including phenoxy) is 1. The van der Waals surface area contributed by atoms with Gasteiger partial charge in [-0.15, -0.1) is 18.3 Å². The molecule has 9 heteroatoms. The Morgan fingerprint density at radius 3 is 2.53 bits per heavy atom. The lowest BCUT2D eigenvalue weighted by molar-refractivity contribution is -0.274. The molecule has 0 radical (unpaired) electrons. The number of fused-ring (bicyclic) bond motifs is 1. The minimum absolute atomic E-state index is 0.0291.